The lowest BCUT2D eigenvalue weighted by Gasteiger charge is -2.54. The van der Waals surface area contributed by atoms with E-state index >= 15 is 0 Å². The molecule has 0 radical (unpaired) electrons. The van der Waals surface area contributed by atoms with Crippen molar-refractivity contribution in [2.24, 2.45) is 11.3 Å². The Morgan fingerprint density at radius 3 is 2.24 bits per heavy atom. The summed E-state index contributed by atoms with van der Waals surface area (Å²) < 4.78 is 0. The lowest BCUT2D eigenvalue weighted by Crippen LogP contribution is -2.67. The molecule has 4 rings (SSSR count). The Hall–Kier alpha value is -3.17. The van der Waals surface area contributed by atoms with Crippen molar-refractivity contribution in [3.05, 3.63) is 40.2 Å². The standard InChI is InChI=1S/C25H30N2O7/c1-11(28)16-21(31)19(27(5)6)13-10-24(2)9-12-14(26(3)4)7-8-15(29)17(12)20(30)18(24)23(33)25(13,34)22(16)32/h7-8,13,19,29-30,32,34H,9-10H2,1-6H3/t13-,19-,24-,25+/m0/s1. The van der Waals surface area contributed by atoms with Gasteiger partial charge in [0.25, 0.3) is 0 Å². The molecule has 0 amide bonds. The highest BCUT2D eigenvalue weighted by molar-refractivity contribution is 6.25. The SMILES string of the molecule is CC(=O)C1=C(O)[C@@]2(O)C(=O)C3=C(O)c4c(O)ccc(N(C)C)c4C[C@@]3(C)C[C@H]2[C@H](N(C)C)C1=O. The minimum Gasteiger partial charge on any atom is -0.508 e. The molecular weight excluding hydrogens is 440 g/mol. The first-order valence-electron chi connectivity index (χ1n) is 11.1. The van der Waals surface area contributed by atoms with Gasteiger partial charge < -0.3 is 25.3 Å². The van der Waals surface area contributed by atoms with Gasteiger partial charge in [-0.1, -0.05) is 6.92 Å². The maximum Gasteiger partial charge on any atom is 0.202 e. The van der Waals surface area contributed by atoms with Crippen LogP contribution in [-0.4, -0.2) is 82.5 Å². The predicted octanol–water partition coefficient (Wildman–Crippen LogP) is 1.52. The number of aromatic hydroxyl groups is 1. The number of carbonyl (C=O) groups excluding carboxylic acids is 3. The first-order valence-corrected chi connectivity index (χ1v) is 11.1. The molecule has 0 bridgehead atoms. The number of aliphatic hydroxyl groups is 3. The molecule has 3 aliphatic carbocycles. The smallest absolute Gasteiger partial charge is 0.202 e. The van der Waals surface area contributed by atoms with Crippen LogP contribution >= 0.6 is 0 Å². The molecule has 0 heterocycles. The number of fused-ring (bicyclic) bond motifs is 3. The highest BCUT2D eigenvalue weighted by atomic mass is 16.3. The van der Waals surface area contributed by atoms with Gasteiger partial charge in [-0.25, -0.2) is 0 Å². The van der Waals surface area contributed by atoms with E-state index in [4.69, 9.17) is 0 Å². The van der Waals surface area contributed by atoms with Crippen molar-refractivity contribution in [3.63, 3.8) is 0 Å². The Labute approximate surface area is 197 Å². The van der Waals surface area contributed by atoms with E-state index in [2.05, 4.69) is 0 Å². The largest absolute Gasteiger partial charge is 0.508 e. The normalized spacial score (nSPS) is 30.8. The number of hydrogen-bond donors (Lipinski definition) is 4. The van der Waals surface area contributed by atoms with Gasteiger partial charge in [-0.3, -0.25) is 19.3 Å². The zero-order valence-electron chi connectivity index (χ0n) is 20.1. The van der Waals surface area contributed by atoms with Gasteiger partial charge in [-0.15, -0.1) is 0 Å². The zero-order chi connectivity index (χ0) is 25.5. The van der Waals surface area contributed by atoms with Crippen molar-refractivity contribution < 1.29 is 34.8 Å². The number of phenolic OH excluding ortho intramolecular Hbond substituents is 1. The van der Waals surface area contributed by atoms with Crippen molar-refractivity contribution in [1.82, 2.24) is 4.90 Å². The second-order valence-electron chi connectivity index (χ2n) is 10.3. The van der Waals surface area contributed by atoms with Crippen LogP contribution in [0.5, 0.6) is 5.75 Å². The van der Waals surface area contributed by atoms with Crippen molar-refractivity contribution in [3.8, 4) is 5.75 Å². The fourth-order valence-electron chi connectivity index (χ4n) is 6.12. The number of anilines is 1. The minimum absolute atomic E-state index is 0.0699. The Morgan fingerprint density at radius 1 is 1.09 bits per heavy atom. The summed E-state index contributed by atoms with van der Waals surface area (Å²) in [7, 11) is 6.86. The molecule has 34 heavy (non-hydrogen) atoms. The molecule has 1 fully saturated rings. The summed E-state index contributed by atoms with van der Waals surface area (Å²) in [6.07, 6.45) is 0.320. The Morgan fingerprint density at radius 2 is 1.71 bits per heavy atom. The van der Waals surface area contributed by atoms with Gasteiger partial charge in [-0.2, -0.15) is 0 Å². The maximum absolute atomic E-state index is 13.9. The van der Waals surface area contributed by atoms with E-state index in [0.717, 1.165) is 12.6 Å². The molecule has 0 spiro atoms. The van der Waals surface area contributed by atoms with E-state index in [1.807, 2.05) is 19.0 Å². The number of carbonyl (C=O) groups is 3. The molecule has 3 aliphatic rings. The van der Waals surface area contributed by atoms with Gasteiger partial charge in [0, 0.05) is 36.7 Å². The molecule has 4 atom stereocenters. The van der Waals surface area contributed by atoms with Gasteiger partial charge in [0.05, 0.1) is 11.6 Å². The van der Waals surface area contributed by atoms with Crippen molar-refractivity contribution in [2.75, 3.05) is 33.1 Å². The van der Waals surface area contributed by atoms with E-state index in [9.17, 15) is 34.8 Å². The minimum atomic E-state index is -2.57. The lowest BCUT2D eigenvalue weighted by atomic mass is 9.52. The van der Waals surface area contributed by atoms with Crippen LogP contribution in [0, 0.1) is 11.3 Å². The maximum atomic E-state index is 13.9. The number of benzene rings is 1. The van der Waals surface area contributed by atoms with Crippen LogP contribution in [0.25, 0.3) is 5.76 Å². The van der Waals surface area contributed by atoms with Crippen molar-refractivity contribution in [1.29, 1.82) is 0 Å². The van der Waals surface area contributed by atoms with Gasteiger partial charge >= 0.3 is 0 Å². The molecule has 182 valence electrons. The topological polar surface area (TPSA) is 139 Å². The van der Waals surface area contributed by atoms with Crippen molar-refractivity contribution in [2.45, 2.75) is 38.3 Å². The van der Waals surface area contributed by atoms with E-state index in [1.54, 1.807) is 27.1 Å². The monoisotopic (exact) mass is 470 g/mol. The molecule has 4 N–H and O–H groups in total. The molecule has 1 saturated carbocycles. The summed E-state index contributed by atoms with van der Waals surface area (Å²) in [5, 5.41) is 44.5. The molecule has 9 nitrogen and oxygen atoms in total. The Bertz CT molecular complexity index is 1210. The first kappa shape index (κ1) is 24.0. The summed E-state index contributed by atoms with van der Waals surface area (Å²) >= 11 is 0. The fraction of sp³-hybridized carbons (Fsp3) is 0.480. The molecule has 0 aliphatic heterocycles. The quantitative estimate of drug-likeness (QED) is 0.484. The van der Waals surface area contributed by atoms with E-state index in [-0.39, 0.29) is 29.7 Å². The zero-order valence-corrected chi connectivity index (χ0v) is 20.1. The highest BCUT2D eigenvalue weighted by Crippen LogP contribution is 2.58. The molecule has 0 aromatic heterocycles. The number of nitrogens with zero attached hydrogens (tertiary/aromatic N) is 2. The summed E-state index contributed by atoms with van der Waals surface area (Å²) in [5.74, 6) is -5.12. The van der Waals surface area contributed by atoms with Crippen LogP contribution in [0.2, 0.25) is 0 Å². The van der Waals surface area contributed by atoms with E-state index < -0.39 is 57.4 Å². The van der Waals surface area contributed by atoms with Crippen LogP contribution in [0.1, 0.15) is 31.4 Å². The first-order chi connectivity index (χ1) is 15.7. The Balaban J connectivity index is 2.05. The molecule has 9 heteroatoms. The third-order valence-electron chi connectivity index (χ3n) is 7.57. The Kier molecular flexibility index (Phi) is 5.23. The molecule has 1 aromatic carbocycles. The second-order valence-corrected chi connectivity index (χ2v) is 10.3. The van der Waals surface area contributed by atoms with Crippen LogP contribution in [0.15, 0.2) is 29.0 Å². The van der Waals surface area contributed by atoms with Crippen LogP contribution in [0.4, 0.5) is 5.69 Å². The van der Waals surface area contributed by atoms with Crippen LogP contribution < -0.4 is 4.90 Å². The number of aliphatic hydroxyl groups excluding tert-OH is 2. The number of hydrogen-bond acceptors (Lipinski definition) is 9. The molecule has 1 aromatic rings. The lowest BCUT2D eigenvalue weighted by molar-refractivity contribution is -0.156. The third kappa shape index (κ3) is 2.89. The highest BCUT2D eigenvalue weighted by Gasteiger charge is 2.66. The fourth-order valence-corrected chi connectivity index (χ4v) is 6.12. The number of phenols is 1. The van der Waals surface area contributed by atoms with Crippen LogP contribution in [0.3, 0.4) is 0 Å². The predicted molar refractivity (Wildman–Crippen MR) is 125 cm³/mol. The summed E-state index contributed by atoms with van der Waals surface area (Å²) in [4.78, 5) is 42.8. The summed E-state index contributed by atoms with van der Waals surface area (Å²) in [6.45, 7) is 2.85. The third-order valence-corrected chi connectivity index (χ3v) is 7.57. The molecule has 0 unspecified atom stereocenters. The molecular formula is C25H30N2O7. The summed E-state index contributed by atoms with van der Waals surface area (Å²) in [6, 6.07) is 2.10. The van der Waals surface area contributed by atoms with Crippen molar-refractivity contribution >= 4 is 28.8 Å². The number of Topliss-reactive ketones (excluding diaryl/α,β-unsaturated/α-hetero) is 3. The summed E-state index contributed by atoms with van der Waals surface area (Å²) in [5.41, 5.74) is -2.83. The van der Waals surface area contributed by atoms with E-state index in [0.29, 0.717) is 5.56 Å². The van der Waals surface area contributed by atoms with E-state index in [1.165, 1.54) is 11.0 Å². The number of likely N-dealkylation sites (N-methyl/N-ethyl adjacent to an activating group) is 1. The van der Waals surface area contributed by atoms with Gasteiger partial charge in [0.2, 0.25) is 5.78 Å². The number of ketones is 3. The average Bonchev–Trinajstić information content (AvgIpc) is 2.69. The van der Waals surface area contributed by atoms with Gasteiger partial charge in [0.15, 0.2) is 17.2 Å². The average molecular weight is 471 g/mol. The van der Waals surface area contributed by atoms with Gasteiger partial charge in [0.1, 0.15) is 22.8 Å². The molecule has 0 saturated heterocycles. The second kappa shape index (κ2) is 7.41. The van der Waals surface area contributed by atoms with Gasteiger partial charge in [-0.05, 0) is 51.6 Å². The number of rotatable bonds is 3. The van der Waals surface area contributed by atoms with Crippen LogP contribution in [-0.2, 0) is 20.8 Å².